The number of anilines is 2. The molecule has 0 spiro atoms. The van der Waals surface area contributed by atoms with Gasteiger partial charge < -0.3 is 15.5 Å². The van der Waals surface area contributed by atoms with Crippen LogP contribution in [-0.4, -0.2) is 30.9 Å². The number of carbonyl (C=O) groups is 2. The summed E-state index contributed by atoms with van der Waals surface area (Å²) in [7, 11) is 0. The van der Waals surface area contributed by atoms with E-state index in [2.05, 4.69) is 23.6 Å². The van der Waals surface area contributed by atoms with Crippen LogP contribution in [0.25, 0.3) is 0 Å². The zero-order valence-electron chi connectivity index (χ0n) is 19.2. The van der Waals surface area contributed by atoms with Crippen molar-refractivity contribution in [3.63, 3.8) is 0 Å². The zero-order valence-corrected chi connectivity index (χ0v) is 19.2. The Hall–Kier alpha value is -2.82. The van der Waals surface area contributed by atoms with E-state index in [-0.39, 0.29) is 23.8 Å². The summed E-state index contributed by atoms with van der Waals surface area (Å²) in [5, 5.41) is 6.38. The van der Waals surface area contributed by atoms with Crippen LogP contribution in [0.2, 0.25) is 0 Å². The third kappa shape index (κ3) is 5.66. The van der Waals surface area contributed by atoms with Gasteiger partial charge in [-0.1, -0.05) is 25.1 Å². The first-order valence-corrected chi connectivity index (χ1v) is 11.4. The normalized spacial score (nSPS) is 15.9. The highest BCUT2D eigenvalue weighted by Gasteiger charge is 2.28. The Morgan fingerprint density at radius 1 is 1.16 bits per heavy atom. The average molecular weight is 422 g/mol. The van der Waals surface area contributed by atoms with Crippen molar-refractivity contribution in [1.29, 1.82) is 0 Å². The lowest BCUT2D eigenvalue weighted by Crippen LogP contribution is -2.32. The van der Waals surface area contributed by atoms with Gasteiger partial charge in [0.25, 0.3) is 5.91 Å². The fourth-order valence-corrected chi connectivity index (χ4v) is 4.31. The Balaban J connectivity index is 1.86. The molecule has 5 nitrogen and oxygen atoms in total. The van der Waals surface area contributed by atoms with Crippen molar-refractivity contribution in [2.45, 2.75) is 65.3 Å². The largest absolute Gasteiger partial charge is 0.385 e. The topological polar surface area (TPSA) is 61.4 Å². The summed E-state index contributed by atoms with van der Waals surface area (Å²) in [6.45, 7) is 9.66. The SMILES string of the molecule is CCCNc1ccc(C(=O)N2CCCC(CC(=O)NC(C)C)c3ccccc32)c(C)c1. The average Bonchev–Trinajstić information content (AvgIpc) is 2.91. The Morgan fingerprint density at radius 3 is 2.65 bits per heavy atom. The minimum Gasteiger partial charge on any atom is -0.385 e. The van der Waals surface area contributed by atoms with Gasteiger partial charge in [0.1, 0.15) is 0 Å². The third-order valence-electron chi connectivity index (χ3n) is 5.76. The van der Waals surface area contributed by atoms with E-state index in [4.69, 9.17) is 0 Å². The van der Waals surface area contributed by atoms with E-state index in [1.165, 1.54) is 0 Å². The fraction of sp³-hybridized carbons (Fsp3) is 0.462. The maximum atomic E-state index is 13.6. The number of nitrogens with one attached hydrogen (secondary N) is 2. The van der Waals surface area contributed by atoms with Gasteiger partial charge in [-0.15, -0.1) is 0 Å². The number of nitrogens with zero attached hydrogens (tertiary/aromatic N) is 1. The Bertz CT molecular complexity index is 923. The van der Waals surface area contributed by atoms with E-state index in [9.17, 15) is 9.59 Å². The lowest BCUT2D eigenvalue weighted by molar-refractivity contribution is -0.122. The van der Waals surface area contributed by atoms with E-state index < -0.39 is 0 Å². The van der Waals surface area contributed by atoms with Crippen molar-refractivity contribution in [2.75, 3.05) is 23.3 Å². The van der Waals surface area contributed by atoms with Crippen molar-refractivity contribution in [1.82, 2.24) is 5.32 Å². The Morgan fingerprint density at radius 2 is 1.94 bits per heavy atom. The predicted molar refractivity (Wildman–Crippen MR) is 128 cm³/mol. The summed E-state index contributed by atoms with van der Waals surface area (Å²) in [6, 6.07) is 14.1. The standard InChI is InChI=1S/C26H35N3O2/c1-5-14-27-21-12-13-22(19(4)16-21)26(31)29-15-8-9-20(17-25(30)28-18(2)3)23-10-6-7-11-24(23)29/h6-7,10-13,16,18,20,27H,5,8-9,14-15,17H2,1-4H3,(H,28,30). The number of hydrogen-bond acceptors (Lipinski definition) is 3. The lowest BCUT2D eigenvalue weighted by atomic mass is 9.90. The quantitative estimate of drug-likeness (QED) is 0.641. The molecule has 2 N–H and O–H groups in total. The molecule has 0 aliphatic carbocycles. The van der Waals surface area contributed by atoms with E-state index >= 15 is 0 Å². The van der Waals surface area contributed by atoms with Crippen LogP contribution < -0.4 is 15.5 Å². The maximum absolute atomic E-state index is 13.6. The van der Waals surface area contributed by atoms with Gasteiger partial charge >= 0.3 is 0 Å². The molecule has 1 atom stereocenters. The molecule has 2 aromatic carbocycles. The number of para-hydroxylation sites is 1. The molecule has 0 bridgehead atoms. The van der Waals surface area contributed by atoms with Crippen LogP contribution >= 0.6 is 0 Å². The summed E-state index contributed by atoms with van der Waals surface area (Å²) in [5.41, 5.74) is 4.77. The first-order valence-electron chi connectivity index (χ1n) is 11.4. The summed E-state index contributed by atoms with van der Waals surface area (Å²) in [6.07, 6.45) is 3.27. The van der Waals surface area contributed by atoms with Gasteiger partial charge in [0.15, 0.2) is 0 Å². The second kappa shape index (κ2) is 10.5. The maximum Gasteiger partial charge on any atom is 0.258 e. The van der Waals surface area contributed by atoms with Crippen molar-refractivity contribution in [2.24, 2.45) is 0 Å². The van der Waals surface area contributed by atoms with Crippen molar-refractivity contribution in [3.8, 4) is 0 Å². The first kappa shape index (κ1) is 22.9. The minimum atomic E-state index is 0.0271. The van der Waals surface area contributed by atoms with Crippen LogP contribution in [-0.2, 0) is 4.79 Å². The summed E-state index contributed by atoms with van der Waals surface area (Å²) < 4.78 is 0. The lowest BCUT2D eigenvalue weighted by Gasteiger charge is -2.25. The zero-order chi connectivity index (χ0) is 22.4. The number of carbonyl (C=O) groups excluding carboxylic acids is 2. The number of amides is 2. The van der Waals surface area contributed by atoms with Gasteiger partial charge in [-0.2, -0.15) is 0 Å². The summed E-state index contributed by atoms with van der Waals surface area (Å²) >= 11 is 0. The smallest absolute Gasteiger partial charge is 0.258 e. The Kier molecular flexibility index (Phi) is 7.72. The molecule has 0 radical (unpaired) electrons. The van der Waals surface area contributed by atoms with Gasteiger partial charge in [0, 0.05) is 42.5 Å². The van der Waals surface area contributed by atoms with Crippen LogP contribution in [0.1, 0.15) is 73.9 Å². The van der Waals surface area contributed by atoms with Crippen LogP contribution in [0.4, 0.5) is 11.4 Å². The molecule has 0 saturated carbocycles. The molecule has 166 valence electrons. The van der Waals surface area contributed by atoms with Crippen molar-refractivity contribution < 1.29 is 9.59 Å². The molecular formula is C26H35N3O2. The van der Waals surface area contributed by atoms with Crippen LogP contribution in [0, 0.1) is 6.92 Å². The molecule has 2 amide bonds. The second-order valence-electron chi connectivity index (χ2n) is 8.74. The summed E-state index contributed by atoms with van der Waals surface area (Å²) in [4.78, 5) is 27.9. The van der Waals surface area contributed by atoms with E-state index in [1.807, 2.05) is 62.1 Å². The minimum absolute atomic E-state index is 0.0271. The molecule has 1 aliphatic rings. The highest BCUT2D eigenvalue weighted by Crippen LogP contribution is 2.37. The molecule has 2 aromatic rings. The van der Waals surface area contributed by atoms with Crippen LogP contribution in [0.15, 0.2) is 42.5 Å². The van der Waals surface area contributed by atoms with Gasteiger partial charge in [-0.25, -0.2) is 0 Å². The summed E-state index contributed by atoms with van der Waals surface area (Å²) in [5.74, 6) is 0.217. The molecule has 0 fully saturated rings. The molecule has 3 rings (SSSR count). The van der Waals surface area contributed by atoms with Gasteiger partial charge in [0.05, 0.1) is 0 Å². The monoisotopic (exact) mass is 421 g/mol. The van der Waals surface area contributed by atoms with Crippen molar-refractivity contribution in [3.05, 3.63) is 59.2 Å². The molecule has 0 saturated heterocycles. The highest BCUT2D eigenvalue weighted by atomic mass is 16.2. The molecule has 31 heavy (non-hydrogen) atoms. The van der Waals surface area contributed by atoms with E-state index in [0.717, 1.165) is 53.9 Å². The van der Waals surface area contributed by atoms with Gasteiger partial charge in [0.2, 0.25) is 5.91 Å². The fourth-order valence-electron chi connectivity index (χ4n) is 4.31. The molecular weight excluding hydrogens is 386 g/mol. The highest BCUT2D eigenvalue weighted by molar-refractivity contribution is 6.07. The number of hydrogen-bond donors (Lipinski definition) is 2. The van der Waals surface area contributed by atoms with E-state index in [0.29, 0.717) is 13.0 Å². The number of aryl methyl sites for hydroxylation is 1. The predicted octanol–water partition coefficient (Wildman–Crippen LogP) is 5.26. The van der Waals surface area contributed by atoms with Crippen LogP contribution in [0.3, 0.4) is 0 Å². The molecule has 1 heterocycles. The first-order chi connectivity index (χ1) is 14.9. The van der Waals surface area contributed by atoms with Gasteiger partial charge in [-0.05, 0) is 81.3 Å². The van der Waals surface area contributed by atoms with Crippen molar-refractivity contribution >= 4 is 23.2 Å². The van der Waals surface area contributed by atoms with Gasteiger partial charge in [-0.3, -0.25) is 9.59 Å². The number of fused-ring (bicyclic) bond motifs is 1. The Labute approximate surface area is 186 Å². The second-order valence-corrected chi connectivity index (χ2v) is 8.74. The molecule has 0 aromatic heterocycles. The number of rotatable bonds is 7. The number of benzene rings is 2. The third-order valence-corrected chi connectivity index (χ3v) is 5.76. The molecule has 1 unspecified atom stereocenters. The van der Waals surface area contributed by atoms with Crippen LogP contribution in [0.5, 0.6) is 0 Å². The molecule has 5 heteroatoms. The van der Waals surface area contributed by atoms with E-state index in [1.54, 1.807) is 0 Å². The molecule has 1 aliphatic heterocycles.